The van der Waals surface area contributed by atoms with Crippen LogP contribution in [0.1, 0.15) is 33.5 Å². The molecule has 5 rings (SSSR count). The number of H-pyrrole nitrogens is 1. The quantitative estimate of drug-likeness (QED) is 0.157. The van der Waals surface area contributed by atoms with Crippen molar-refractivity contribution < 1.29 is 14.7 Å². The van der Waals surface area contributed by atoms with Crippen LogP contribution in [0.4, 0.5) is 11.4 Å². The fourth-order valence-corrected chi connectivity index (χ4v) is 5.07. The minimum atomic E-state index is -0.253. The monoisotopic (exact) mass is 607 g/mol. The Hall–Kier alpha value is -4.92. The number of carbonyl (C=O) groups is 2. The summed E-state index contributed by atoms with van der Waals surface area (Å²) in [6.45, 7) is 0.997. The molecule has 2 amide bonds. The Bertz CT molecular complexity index is 1810. The van der Waals surface area contributed by atoms with E-state index in [1.54, 1.807) is 36.2 Å². The molecule has 0 saturated heterocycles. The summed E-state index contributed by atoms with van der Waals surface area (Å²) in [7, 11) is 5.64. The first kappa shape index (κ1) is 30.5. The summed E-state index contributed by atoms with van der Waals surface area (Å²) in [6, 6.07) is 29.5. The molecule has 0 atom stereocenters. The highest BCUT2D eigenvalue weighted by Gasteiger charge is 2.20. The molecular weight excluding hydrogens is 574 g/mol. The highest BCUT2D eigenvalue weighted by atomic mass is 35.5. The number of aliphatic imine (C=N–C) groups is 1. The predicted octanol–water partition coefficient (Wildman–Crippen LogP) is 6.54. The van der Waals surface area contributed by atoms with Crippen molar-refractivity contribution in [2.75, 3.05) is 32.6 Å². The number of aromatic nitrogens is 1. The number of aromatic hydroxyl groups is 1. The van der Waals surface area contributed by atoms with Crippen LogP contribution in [0, 0.1) is 0 Å². The van der Waals surface area contributed by atoms with E-state index in [4.69, 9.17) is 16.6 Å². The van der Waals surface area contributed by atoms with Gasteiger partial charge in [-0.15, -0.1) is 0 Å². The largest absolute Gasteiger partial charge is 0.494 e. The van der Waals surface area contributed by atoms with E-state index in [2.05, 4.69) is 10.3 Å². The van der Waals surface area contributed by atoms with Gasteiger partial charge in [-0.2, -0.15) is 0 Å². The smallest absolute Gasteiger partial charge is 0.251 e. The molecule has 8 nitrogen and oxygen atoms in total. The molecule has 9 heteroatoms. The number of rotatable bonds is 10. The summed E-state index contributed by atoms with van der Waals surface area (Å²) < 4.78 is 0. The zero-order chi connectivity index (χ0) is 31.2. The molecule has 5 aromatic rings. The predicted molar refractivity (Wildman–Crippen MR) is 177 cm³/mol. The van der Waals surface area contributed by atoms with Crippen molar-refractivity contribution in [1.29, 1.82) is 0 Å². The summed E-state index contributed by atoms with van der Waals surface area (Å²) in [5.41, 5.74) is 5.22. The average molecular weight is 608 g/mol. The lowest BCUT2D eigenvalue weighted by Crippen LogP contribution is -2.29. The van der Waals surface area contributed by atoms with Gasteiger partial charge in [-0.1, -0.05) is 54.1 Å². The summed E-state index contributed by atoms with van der Waals surface area (Å²) in [4.78, 5) is 37.4. The summed E-state index contributed by atoms with van der Waals surface area (Å²) >= 11 is 6.09. The van der Waals surface area contributed by atoms with Crippen molar-refractivity contribution >= 4 is 51.4 Å². The third-order valence-electron chi connectivity index (χ3n) is 7.29. The van der Waals surface area contributed by atoms with Crippen molar-refractivity contribution in [2.24, 2.45) is 4.99 Å². The Morgan fingerprint density at radius 1 is 0.886 bits per heavy atom. The number of hydrogen-bond donors (Lipinski definition) is 3. The summed E-state index contributed by atoms with van der Waals surface area (Å²) in [5.74, 6) is -0.283. The van der Waals surface area contributed by atoms with Crippen LogP contribution in [-0.4, -0.2) is 60.2 Å². The van der Waals surface area contributed by atoms with Crippen LogP contribution < -0.4 is 10.2 Å². The topological polar surface area (TPSA) is 101 Å². The third-order valence-corrected chi connectivity index (χ3v) is 7.53. The number of nitrogens with zero attached hydrogens (tertiary/aromatic N) is 3. The molecule has 44 heavy (non-hydrogen) atoms. The molecule has 224 valence electrons. The Labute approximate surface area is 261 Å². The highest BCUT2D eigenvalue weighted by Crippen LogP contribution is 2.32. The number of aromatic amines is 1. The minimum Gasteiger partial charge on any atom is -0.494 e. The van der Waals surface area contributed by atoms with Crippen molar-refractivity contribution in [2.45, 2.75) is 13.0 Å². The van der Waals surface area contributed by atoms with Crippen LogP contribution in [0.15, 0.2) is 102 Å². The first-order valence-electron chi connectivity index (χ1n) is 14.2. The number of benzene rings is 4. The SMILES string of the molecule is CN(C)CCC(=O)N(C)c1ccc(N=C(c2ccccc2)c2c(O)[nH]c3ccc(C(=O)NCc4cccc(Cl)c4)cc23)cc1. The third kappa shape index (κ3) is 7.16. The van der Waals surface area contributed by atoms with Gasteiger partial charge in [0, 0.05) is 59.3 Å². The fourth-order valence-electron chi connectivity index (χ4n) is 4.86. The number of fused-ring (bicyclic) bond motifs is 1. The molecule has 0 saturated carbocycles. The number of hydrogen-bond acceptors (Lipinski definition) is 5. The molecule has 0 bridgehead atoms. The molecule has 0 aliphatic carbocycles. The molecule has 0 fully saturated rings. The Morgan fingerprint density at radius 3 is 2.34 bits per heavy atom. The molecule has 1 aromatic heterocycles. The van der Waals surface area contributed by atoms with Crippen molar-refractivity contribution in [3.05, 3.63) is 124 Å². The van der Waals surface area contributed by atoms with E-state index in [-0.39, 0.29) is 17.7 Å². The first-order valence-corrected chi connectivity index (χ1v) is 14.6. The molecule has 1 heterocycles. The molecule has 0 radical (unpaired) electrons. The van der Waals surface area contributed by atoms with Gasteiger partial charge in [0.1, 0.15) is 0 Å². The first-order chi connectivity index (χ1) is 21.2. The fraction of sp³-hybridized carbons (Fsp3) is 0.171. The molecule has 0 unspecified atom stereocenters. The van der Waals surface area contributed by atoms with Gasteiger partial charge in [0.25, 0.3) is 5.91 Å². The average Bonchev–Trinajstić information content (AvgIpc) is 3.36. The second-order valence-corrected chi connectivity index (χ2v) is 11.2. The maximum absolute atomic E-state index is 13.1. The van der Waals surface area contributed by atoms with Crippen molar-refractivity contribution in [3.8, 4) is 5.88 Å². The van der Waals surface area contributed by atoms with E-state index >= 15 is 0 Å². The number of amides is 2. The normalized spacial score (nSPS) is 11.6. The van der Waals surface area contributed by atoms with E-state index in [1.807, 2.05) is 91.8 Å². The lowest BCUT2D eigenvalue weighted by molar-refractivity contribution is -0.118. The number of carbonyl (C=O) groups excluding carboxylic acids is 2. The Balaban J connectivity index is 1.48. The van der Waals surface area contributed by atoms with E-state index in [1.165, 1.54) is 0 Å². The van der Waals surface area contributed by atoms with Crippen LogP contribution in [0.5, 0.6) is 5.88 Å². The van der Waals surface area contributed by atoms with Gasteiger partial charge < -0.3 is 25.2 Å². The Kier molecular flexibility index (Phi) is 9.43. The summed E-state index contributed by atoms with van der Waals surface area (Å²) in [6.07, 6.45) is 0.419. The number of nitrogens with one attached hydrogen (secondary N) is 2. The van der Waals surface area contributed by atoms with E-state index in [0.717, 1.165) is 16.8 Å². The van der Waals surface area contributed by atoms with Gasteiger partial charge in [-0.05, 0) is 74.3 Å². The highest BCUT2D eigenvalue weighted by molar-refractivity contribution is 6.30. The van der Waals surface area contributed by atoms with Crippen molar-refractivity contribution in [3.63, 3.8) is 0 Å². The van der Waals surface area contributed by atoms with E-state index < -0.39 is 0 Å². The zero-order valence-corrected chi connectivity index (χ0v) is 25.6. The molecule has 0 spiro atoms. The second-order valence-electron chi connectivity index (χ2n) is 10.8. The lowest BCUT2D eigenvalue weighted by atomic mass is 9.99. The van der Waals surface area contributed by atoms with E-state index in [0.29, 0.717) is 58.0 Å². The molecule has 0 aliphatic heterocycles. The van der Waals surface area contributed by atoms with Gasteiger partial charge in [-0.3, -0.25) is 9.59 Å². The lowest BCUT2D eigenvalue weighted by Gasteiger charge is -2.19. The van der Waals surface area contributed by atoms with Gasteiger partial charge in [-0.25, -0.2) is 4.99 Å². The summed E-state index contributed by atoms with van der Waals surface area (Å²) in [5, 5.41) is 15.3. The van der Waals surface area contributed by atoms with Crippen LogP contribution in [0.3, 0.4) is 0 Å². The van der Waals surface area contributed by atoms with Gasteiger partial charge in [0.2, 0.25) is 5.91 Å². The molecular formula is C35H34ClN5O3. The zero-order valence-electron chi connectivity index (χ0n) is 24.8. The van der Waals surface area contributed by atoms with Crippen LogP contribution in [0.25, 0.3) is 10.9 Å². The molecule has 4 aromatic carbocycles. The van der Waals surface area contributed by atoms with E-state index in [9.17, 15) is 14.7 Å². The maximum atomic E-state index is 13.1. The van der Waals surface area contributed by atoms with Gasteiger partial charge in [0.15, 0.2) is 5.88 Å². The van der Waals surface area contributed by atoms with Gasteiger partial charge in [0.05, 0.1) is 17.0 Å². The minimum absolute atomic E-state index is 0.0241. The number of halogens is 1. The van der Waals surface area contributed by atoms with Crippen LogP contribution in [0.2, 0.25) is 5.02 Å². The van der Waals surface area contributed by atoms with Crippen LogP contribution in [-0.2, 0) is 11.3 Å². The maximum Gasteiger partial charge on any atom is 0.251 e. The Morgan fingerprint density at radius 2 is 1.64 bits per heavy atom. The van der Waals surface area contributed by atoms with Gasteiger partial charge >= 0.3 is 0 Å². The standard InChI is InChI=1S/C35H34ClN5O3/c1-40(2)19-18-31(42)41(3)28-15-13-27(14-16-28)38-33(24-9-5-4-6-10-24)32-29-21-25(12-17-30(29)39-35(32)44)34(43)37-22-23-8-7-11-26(36)20-23/h4-17,20-21,39,44H,18-19,22H2,1-3H3,(H,37,43). The van der Waals surface area contributed by atoms with Crippen molar-refractivity contribution in [1.82, 2.24) is 15.2 Å². The van der Waals surface area contributed by atoms with Crippen LogP contribution >= 0.6 is 11.6 Å². The second kappa shape index (κ2) is 13.6. The molecule has 0 aliphatic rings. The number of anilines is 1. The molecule has 3 N–H and O–H groups in total.